The molecule has 2 aromatic carbocycles. The minimum absolute atomic E-state index is 0.576. The highest BCUT2D eigenvalue weighted by atomic mass is 15.3. The molecule has 0 fully saturated rings. The van der Waals surface area contributed by atoms with Crippen LogP contribution in [0.25, 0.3) is 11.8 Å². The number of hydrogen-bond donors (Lipinski definition) is 1. The Bertz CT molecular complexity index is 818. The predicted molar refractivity (Wildman–Crippen MR) is 78.1 cm³/mol. The molecular formula is C16H13N3. The van der Waals surface area contributed by atoms with Crippen LogP contribution in [0.4, 0.5) is 5.69 Å². The molecule has 2 aliphatic rings. The molecule has 2 aromatic rings. The van der Waals surface area contributed by atoms with Crippen LogP contribution in [0.3, 0.4) is 0 Å². The van der Waals surface area contributed by atoms with Crippen molar-refractivity contribution >= 4 is 23.4 Å². The van der Waals surface area contributed by atoms with Gasteiger partial charge in [0.2, 0.25) is 5.96 Å². The second kappa shape index (κ2) is 3.72. The van der Waals surface area contributed by atoms with Crippen LogP contribution in [0.1, 0.15) is 5.56 Å². The van der Waals surface area contributed by atoms with Crippen LogP contribution in [0, 0.1) is 0 Å². The number of guanidine groups is 1. The number of rotatable bonds is 0. The van der Waals surface area contributed by atoms with Gasteiger partial charge in [-0.2, -0.15) is 0 Å². The van der Waals surface area contributed by atoms with Crippen molar-refractivity contribution in [3.05, 3.63) is 64.5 Å². The smallest absolute Gasteiger partial charge is 0.200 e. The summed E-state index contributed by atoms with van der Waals surface area (Å²) in [7, 11) is 0. The van der Waals surface area contributed by atoms with Crippen LogP contribution in [0.5, 0.6) is 0 Å². The summed E-state index contributed by atoms with van der Waals surface area (Å²) in [5, 5.41) is 2.43. The third-order valence-corrected chi connectivity index (χ3v) is 3.65. The van der Waals surface area contributed by atoms with E-state index in [9.17, 15) is 0 Å². The summed E-state index contributed by atoms with van der Waals surface area (Å²) >= 11 is 0. The average molecular weight is 247 g/mol. The molecule has 0 bridgehead atoms. The van der Waals surface area contributed by atoms with E-state index >= 15 is 0 Å². The second-order valence-electron chi connectivity index (χ2n) is 4.75. The van der Waals surface area contributed by atoms with E-state index in [4.69, 9.17) is 5.73 Å². The number of hydrogen-bond acceptors (Lipinski definition) is 3. The minimum Gasteiger partial charge on any atom is -0.369 e. The number of fused-ring (bicyclic) bond motifs is 4. The van der Waals surface area contributed by atoms with Crippen molar-refractivity contribution in [2.45, 2.75) is 0 Å². The highest BCUT2D eigenvalue weighted by Gasteiger charge is 2.25. The highest BCUT2D eigenvalue weighted by molar-refractivity contribution is 6.09. The van der Waals surface area contributed by atoms with Gasteiger partial charge in [0.15, 0.2) is 0 Å². The summed E-state index contributed by atoms with van der Waals surface area (Å²) in [6.07, 6.45) is 2.21. The standard InChI is InChI=1S/C16H13N3/c17-16-18-10-15-13-7-3-1-5-11(13)9-12-6-2-4-8-14(12)19(15)16/h1-9H,10H2,(H2,17,18). The summed E-state index contributed by atoms with van der Waals surface area (Å²) in [5.41, 5.74) is 9.51. The molecule has 0 amide bonds. The van der Waals surface area contributed by atoms with Gasteiger partial charge in [0.05, 0.1) is 17.9 Å². The molecule has 0 atom stereocenters. The zero-order valence-corrected chi connectivity index (χ0v) is 10.4. The van der Waals surface area contributed by atoms with Crippen LogP contribution in [-0.4, -0.2) is 12.5 Å². The lowest BCUT2D eigenvalue weighted by Crippen LogP contribution is -2.37. The van der Waals surface area contributed by atoms with E-state index < -0.39 is 0 Å². The van der Waals surface area contributed by atoms with Gasteiger partial charge >= 0.3 is 0 Å². The molecule has 0 spiro atoms. The van der Waals surface area contributed by atoms with E-state index in [2.05, 4.69) is 52.4 Å². The molecule has 2 heterocycles. The minimum atomic E-state index is 0.576. The van der Waals surface area contributed by atoms with E-state index in [0.717, 1.165) is 11.4 Å². The monoisotopic (exact) mass is 247 g/mol. The van der Waals surface area contributed by atoms with Crippen molar-refractivity contribution in [2.24, 2.45) is 10.7 Å². The van der Waals surface area contributed by atoms with Crippen molar-refractivity contribution < 1.29 is 0 Å². The largest absolute Gasteiger partial charge is 0.369 e. The fourth-order valence-electron chi connectivity index (χ4n) is 2.78. The van der Waals surface area contributed by atoms with E-state index in [1.165, 1.54) is 16.0 Å². The number of nitrogens with two attached hydrogens (primary N) is 1. The molecular weight excluding hydrogens is 234 g/mol. The molecule has 0 saturated carbocycles. The van der Waals surface area contributed by atoms with Crippen molar-refractivity contribution in [1.82, 2.24) is 0 Å². The summed E-state index contributed by atoms with van der Waals surface area (Å²) < 4.78 is 0. The molecule has 0 radical (unpaired) electrons. The Labute approximate surface area is 111 Å². The lowest BCUT2D eigenvalue weighted by molar-refractivity contribution is 1.26. The van der Waals surface area contributed by atoms with Gasteiger partial charge in [0.25, 0.3) is 0 Å². The number of benzene rings is 2. The second-order valence-corrected chi connectivity index (χ2v) is 4.75. The summed E-state index contributed by atoms with van der Waals surface area (Å²) in [6, 6.07) is 16.7. The summed E-state index contributed by atoms with van der Waals surface area (Å²) in [5.74, 6) is 0.576. The van der Waals surface area contributed by atoms with Crippen molar-refractivity contribution in [3.63, 3.8) is 0 Å². The third-order valence-electron chi connectivity index (χ3n) is 3.65. The Hall–Kier alpha value is -2.55. The molecule has 0 saturated heterocycles. The molecule has 3 heteroatoms. The maximum absolute atomic E-state index is 6.07. The van der Waals surface area contributed by atoms with Crippen LogP contribution in [0.15, 0.2) is 53.5 Å². The SMILES string of the molecule is NC1=NCC2=c3ccccc3=Cc3ccccc3N12. The van der Waals surface area contributed by atoms with Gasteiger partial charge in [-0.1, -0.05) is 42.5 Å². The van der Waals surface area contributed by atoms with Gasteiger partial charge in [-0.25, -0.2) is 4.99 Å². The quantitative estimate of drug-likeness (QED) is 0.747. The molecule has 0 unspecified atom stereocenters. The first-order valence-electron chi connectivity index (χ1n) is 6.33. The van der Waals surface area contributed by atoms with Gasteiger partial charge in [-0.15, -0.1) is 0 Å². The first kappa shape index (κ1) is 10.4. The highest BCUT2D eigenvalue weighted by Crippen LogP contribution is 2.28. The average Bonchev–Trinajstić information content (AvgIpc) is 2.75. The van der Waals surface area contributed by atoms with Crippen molar-refractivity contribution in [1.29, 1.82) is 0 Å². The maximum Gasteiger partial charge on any atom is 0.200 e. The molecule has 19 heavy (non-hydrogen) atoms. The zero-order valence-electron chi connectivity index (χ0n) is 10.4. The van der Waals surface area contributed by atoms with E-state index in [1.807, 2.05) is 12.1 Å². The Morgan fingerprint density at radius 1 is 1.00 bits per heavy atom. The molecule has 0 aromatic heterocycles. The van der Waals surface area contributed by atoms with Gasteiger partial charge in [-0.05, 0) is 22.9 Å². The lowest BCUT2D eigenvalue weighted by atomic mass is 10.1. The first-order chi connectivity index (χ1) is 9.34. The molecule has 3 nitrogen and oxygen atoms in total. The van der Waals surface area contributed by atoms with E-state index in [0.29, 0.717) is 12.5 Å². The van der Waals surface area contributed by atoms with Crippen LogP contribution >= 0.6 is 0 Å². The first-order valence-corrected chi connectivity index (χ1v) is 6.33. The normalized spacial score (nSPS) is 15.9. The van der Waals surface area contributed by atoms with Gasteiger partial charge in [0, 0.05) is 5.22 Å². The Morgan fingerprint density at radius 2 is 1.79 bits per heavy atom. The maximum atomic E-state index is 6.07. The third kappa shape index (κ3) is 1.41. The van der Waals surface area contributed by atoms with E-state index in [1.54, 1.807) is 0 Å². The zero-order chi connectivity index (χ0) is 12.8. The molecule has 0 aliphatic carbocycles. The number of para-hydroxylation sites is 1. The molecule has 4 rings (SSSR count). The van der Waals surface area contributed by atoms with Crippen molar-refractivity contribution in [3.8, 4) is 0 Å². The molecule has 92 valence electrons. The van der Waals surface area contributed by atoms with Crippen molar-refractivity contribution in [2.75, 3.05) is 11.4 Å². The molecule has 2 aliphatic heterocycles. The van der Waals surface area contributed by atoms with Gasteiger partial charge in [0.1, 0.15) is 0 Å². The lowest BCUT2D eigenvalue weighted by Gasteiger charge is -2.20. The molecule has 2 N–H and O–H groups in total. The topological polar surface area (TPSA) is 41.6 Å². The van der Waals surface area contributed by atoms with E-state index in [-0.39, 0.29) is 0 Å². The summed E-state index contributed by atoms with van der Waals surface area (Å²) in [4.78, 5) is 6.46. The number of nitrogens with zero attached hydrogens (tertiary/aromatic N) is 2. The number of anilines is 1. The van der Waals surface area contributed by atoms with Gasteiger partial charge in [-0.3, -0.25) is 4.90 Å². The Morgan fingerprint density at radius 3 is 2.74 bits per heavy atom. The van der Waals surface area contributed by atoms with Crippen LogP contribution in [0.2, 0.25) is 0 Å². The number of aliphatic imine (C=N–C) groups is 1. The Kier molecular flexibility index (Phi) is 2.03. The van der Waals surface area contributed by atoms with Crippen LogP contribution in [-0.2, 0) is 0 Å². The van der Waals surface area contributed by atoms with Crippen LogP contribution < -0.4 is 21.1 Å². The summed E-state index contributed by atoms with van der Waals surface area (Å²) in [6.45, 7) is 0.644. The Balaban J connectivity index is 2.18. The van der Waals surface area contributed by atoms with Gasteiger partial charge < -0.3 is 5.73 Å². The fourth-order valence-corrected chi connectivity index (χ4v) is 2.78. The fraction of sp³-hybridized carbons (Fsp3) is 0.0625. The predicted octanol–water partition coefficient (Wildman–Crippen LogP) is 0.772.